The highest BCUT2D eigenvalue weighted by Gasteiger charge is 2.24. The fourth-order valence-electron chi connectivity index (χ4n) is 2.11. The largest absolute Gasteiger partial charge is 0.469 e. The number of hydrogen-bond donors (Lipinski definition) is 0. The van der Waals surface area contributed by atoms with Gasteiger partial charge >= 0.3 is 5.97 Å². The van der Waals surface area contributed by atoms with Crippen LogP contribution in [0, 0.1) is 6.92 Å². The molecule has 0 bridgehead atoms. The molecule has 1 aliphatic rings. The number of amides is 1. The predicted octanol–water partition coefficient (Wildman–Crippen LogP) is 0.881. The number of methoxy groups -OCH3 is 1. The summed E-state index contributed by atoms with van der Waals surface area (Å²) in [4.78, 5) is 24.8. The van der Waals surface area contributed by atoms with Gasteiger partial charge in [-0.1, -0.05) is 0 Å². The lowest BCUT2D eigenvalue weighted by Gasteiger charge is -2.27. The zero-order valence-corrected chi connectivity index (χ0v) is 10.7. The van der Waals surface area contributed by atoms with Crippen molar-refractivity contribution in [2.75, 3.05) is 18.6 Å². The summed E-state index contributed by atoms with van der Waals surface area (Å²) in [6, 6.07) is 1.90. The van der Waals surface area contributed by atoms with E-state index in [4.69, 9.17) is 0 Å². The molecule has 0 radical (unpaired) electrons. The van der Waals surface area contributed by atoms with Gasteiger partial charge in [0.2, 0.25) is 5.91 Å². The molecule has 2 rings (SSSR count). The maximum absolute atomic E-state index is 12.1. The number of ether oxygens (including phenoxy) is 1. The minimum atomic E-state index is -0.356. The summed E-state index contributed by atoms with van der Waals surface area (Å²) in [6.45, 7) is 3.43. The summed E-state index contributed by atoms with van der Waals surface area (Å²) in [7, 11) is 1.33. The van der Waals surface area contributed by atoms with E-state index in [0.717, 1.165) is 24.5 Å². The van der Waals surface area contributed by atoms with Crippen molar-refractivity contribution in [1.82, 2.24) is 9.78 Å². The highest BCUT2D eigenvalue weighted by atomic mass is 16.5. The maximum atomic E-state index is 12.1. The fourth-order valence-corrected chi connectivity index (χ4v) is 2.11. The third kappa shape index (κ3) is 2.52. The number of esters is 1. The van der Waals surface area contributed by atoms with Gasteiger partial charge in [-0.05, 0) is 13.3 Å². The Morgan fingerprint density at radius 3 is 2.89 bits per heavy atom. The van der Waals surface area contributed by atoms with Crippen LogP contribution < -0.4 is 4.90 Å². The standard InChI is InChI=1S/C12H17N3O3/c1-9-8-10-14(6-3-7-15(10)13-9)11(16)4-5-12(17)18-2/h8H,3-7H2,1-2H3. The van der Waals surface area contributed by atoms with Crippen molar-refractivity contribution in [3.8, 4) is 0 Å². The van der Waals surface area contributed by atoms with E-state index in [2.05, 4.69) is 9.84 Å². The van der Waals surface area contributed by atoms with Gasteiger partial charge in [0.15, 0.2) is 0 Å². The third-order valence-corrected chi connectivity index (χ3v) is 2.98. The molecule has 0 N–H and O–H groups in total. The van der Waals surface area contributed by atoms with E-state index in [1.807, 2.05) is 17.7 Å². The first-order chi connectivity index (χ1) is 8.61. The normalized spacial score (nSPS) is 14.2. The van der Waals surface area contributed by atoms with Crippen LogP contribution in [-0.2, 0) is 20.9 Å². The van der Waals surface area contributed by atoms with E-state index >= 15 is 0 Å². The molecule has 6 nitrogen and oxygen atoms in total. The highest BCUT2D eigenvalue weighted by Crippen LogP contribution is 2.22. The predicted molar refractivity (Wildman–Crippen MR) is 65.2 cm³/mol. The smallest absolute Gasteiger partial charge is 0.306 e. The van der Waals surface area contributed by atoms with Crippen molar-refractivity contribution in [1.29, 1.82) is 0 Å². The van der Waals surface area contributed by atoms with Crippen LogP contribution in [0.15, 0.2) is 6.07 Å². The van der Waals surface area contributed by atoms with Crippen molar-refractivity contribution < 1.29 is 14.3 Å². The number of aromatic nitrogens is 2. The molecule has 1 aromatic rings. The van der Waals surface area contributed by atoms with Gasteiger partial charge in [0.25, 0.3) is 0 Å². The van der Waals surface area contributed by atoms with E-state index in [9.17, 15) is 9.59 Å². The molecule has 98 valence electrons. The molecule has 6 heteroatoms. The van der Waals surface area contributed by atoms with E-state index in [0.29, 0.717) is 6.54 Å². The molecule has 18 heavy (non-hydrogen) atoms. The van der Waals surface area contributed by atoms with Crippen molar-refractivity contribution in [2.24, 2.45) is 0 Å². The molecule has 1 aliphatic heterocycles. The number of carbonyl (C=O) groups excluding carboxylic acids is 2. The number of aryl methyl sites for hydroxylation is 2. The van der Waals surface area contributed by atoms with Crippen molar-refractivity contribution in [3.05, 3.63) is 11.8 Å². The van der Waals surface area contributed by atoms with Crippen LogP contribution in [0.25, 0.3) is 0 Å². The van der Waals surface area contributed by atoms with E-state index in [1.165, 1.54) is 7.11 Å². The van der Waals surface area contributed by atoms with Gasteiger partial charge in [-0.3, -0.25) is 14.5 Å². The molecule has 1 amide bonds. The second-order valence-electron chi connectivity index (χ2n) is 4.34. The average Bonchev–Trinajstić information content (AvgIpc) is 2.75. The first kappa shape index (κ1) is 12.6. The third-order valence-electron chi connectivity index (χ3n) is 2.98. The van der Waals surface area contributed by atoms with Gasteiger partial charge in [-0.2, -0.15) is 5.10 Å². The highest BCUT2D eigenvalue weighted by molar-refractivity contribution is 5.94. The second kappa shape index (κ2) is 5.20. The Kier molecular flexibility index (Phi) is 3.64. The summed E-state index contributed by atoms with van der Waals surface area (Å²) in [6.07, 6.45) is 1.19. The van der Waals surface area contributed by atoms with Crippen LogP contribution in [0.4, 0.5) is 5.82 Å². The minimum Gasteiger partial charge on any atom is -0.469 e. The van der Waals surface area contributed by atoms with Crippen molar-refractivity contribution in [3.63, 3.8) is 0 Å². The van der Waals surface area contributed by atoms with Gasteiger partial charge in [0.1, 0.15) is 5.82 Å². The molecular formula is C12H17N3O3. The average molecular weight is 251 g/mol. The molecule has 0 fully saturated rings. The molecule has 0 saturated carbocycles. The Morgan fingerprint density at radius 1 is 1.39 bits per heavy atom. The quantitative estimate of drug-likeness (QED) is 0.748. The van der Waals surface area contributed by atoms with Crippen LogP contribution in [0.5, 0.6) is 0 Å². The number of fused-ring (bicyclic) bond motifs is 1. The Balaban J connectivity index is 2.05. The maximum Gasteiger partial charge on any atom is 0.306 e. The zero-order chi connectivity index (χ0) is 13.1. The molecule has 0 aromatic carbocycles. The molecule has 0 aliphatic carbocycles. The number of carbonyl (C=O) groups is 2. The van der Waals surface area contributed by atoms with Gasteiger partial charge in [-0.25, -0.2) is 4.68 Å². The van der Waals surface area contributed by atoms with Gasteiger partial charge in [0, 0.05) is 25.6 Å². The second-order valence-corrected chi connectivity index (χ2v) is 4.34. The van der Waals surface area contributed by atoms with E-state index < -0.39 is 0 Å². The van der Waals surface area contributed by atoms with Crippen LogP contribution in [0.1, 0.15) is 25.0 Å². The van der Waals surface area contributed by atoms with Gasteiger partial charge in [-0.15, -0.1) is 0 Å². The van der Waals surface area contributed by atoms with Crippen LogP contribution in [0.2, 0.25) is 0 Å². The lowest BCUT2D eigenvalue weighted by molar-refractivity contribution is -0.141. The summed E-state index contributed by atoms with van der Waals surface area (Å²) in [5.74, 6) is 0.417. The lowest BCUT2D eigenvalue weighted by Crippen LogP contribution is -2.37. The van der Waals surface area contributed by atoms with Crippen molar-refractivity contribution in [2.45, 2.75) is 32.7 Å². The first-order valence-electron chi connectivity index (χ1n) is 6.03. The summed E-state index contributed by atoms with van der Waals surface area (Å²) in [5.41, 5.74) is 0.901. The molecule has 0 atom stereocenters. The molecule has 2 heterocycles. The first-order valence-corrected chi connectivity index (χ1v) is 6.03. The molecule has 0 saturated heterocycles. The van der Waals surface area contributed by atoms with Crippen LogP contribution >= 0.6 is 0 Å². The topological polar surface area (TPSA) is 64.4 Å². The van der Waals surface area contributed by atoms with Crippen LogP contribution in [0.3, 0.4) is 0 Å². The summed E-state index contributed by atoms with van der Waals surface area (Å²) < 4.78 is 6.38. The number of hydrogen-bond acceptors (Lipinski definition) is 4. The van der Waals surface area contributed by atoms with E-state index in [-0.39, 0.29) is 24.7 Å². The van der Waals surface area contributed by atoms with Crippen molar-refractivity contribution >= 4 is 17.7 Å². The number of rotatable bonds is 3. The molecule has 0 spiro atoms. The molecule has 1 aromatic heterocycles. The van der Waals surface area contributed by atoms with Gasteiger partial charge < -0.3 is 4.74 Å². The Labute approximate surface area is 106 Å². The summed E-state index contributed by atoms with van der Waals surface area (Å²) >= 11 is 0. The molecular weight excluding hydrogens is 234 g/mol. The zero-order valence-electron chi connectivity index (χ0n) is 10.7. The summed E-state index contributed by atoms with van der Waals surface area (Å²) in [5, 5.41) is 4.33. The van der Waals surface area contributed by atoms with E-state index in [1.54, 1.807) is 4.90 Å². The Hall–Kier alpha value is -1.85. The number of nitrogens with zero attached hydrogens (tertiary/aromatic N) is 3. The monoisotopic (exact) mass is 251 g/mol. The lowest BCUT2D eigenvalue weighted by atomic mass is 10.2. The minimum absolute atomic E-state index is 0.0544. The Bertz CT molecular complexity index is 467. The van der Waals surface area contributed by atoms with Crippen LogP contribution in [-0.4, -0.2) is 35.3 Å². The van der Waals surface area contributed by atoms with Gasteiger partial charge in [0.05, 0.1) is 19.2 Å². The fraction of sp³-hybridized carbons (Fsp3) is 0.583. The molecule has 0 unspecified atom stereocenters. The SMILES string of the molecule is COC(=O)CCC(=O)N1CCCn2nc(C)cc21. The Morgan fingerprint density at radius 2 is 2.17 bits per heavy atom. The number of anilines is 1.